The van der Waals surface area contributed by atoms with Crippen LogP contribution in [0.4, 0.5) is 5.69 Å². The summed E-state index contributed by atoms with van der Waals surface area (Å²) >= 11 is 1.50. The number of rotatable bonds is 8. The van der Waals surface area contributed by atoms with Gasteiger partial charge in [-0.3, -0.25) is 19.2 Å². The number of carbonyl (C=O) groups is 3. The molecule has 180 valence electrons. The van der Waals surface area contributed by atoms with Gasteiger partial charge >= 0.3 is 11.9 Å². The zero-order valence-electron chi connectivity index (χ0n) is 19.6. The molecule has 3 aromatic heterocycles. The maximum absolute atomic E-state index is 13.2. The van der Waals surface area contributed by atoms with Crippen molar-refractivity contribution in [3.8, 4) is 10.6 Å². The van der Waals surface area contributed by atoms with E-state index in [1.165, 1.54) is 16.2 Å². The summed E-state index contributed by atoms with van der Waals surface area (Å²) in [5, 5.41) is 6.88. The normalized spacial score (nSPS) is 10.8. The van der Waals surface area contributed by atoms with Gasteiger partial charge < -0.3 is 9.47 Å². The van der Waals surface area contributed by atoms with E-state index in [2.05, 4.69) is 10.1 Å². The minimum absolute atomic E-state index is 0.194. The zero-order valence-corrected chi connectivity index (χ0v) is 20.4. The van der Waals surface area contributed by atoms with Gasteiger partial charge in [-0.25, -0.2) is 9.78 Å². The van der Waals surface area contributed by atoms with Crippen LogP contribution in [0.15, 0.2) is 53.9 Å². The minimum atomic E-state index is -0.677. The Morgan fingerprint density at radius 2 is 1.86 bits per heavy atom. The molecule has 0 fully saturated rings. The monoisotopic (exact) mass is 492 g/mol. The topological polar surface area (TPSA) is 104 Å². The molecule has 0 atom stereocenters. The highest BCUT2D eigenvalue weighted by atomic mass is 32.1. The van der Waals surface area contributed by atoms with Crippen LogP contribution in [-0.4, -0.2) is 52.4 Å². The van der Waals surface area contributed by atoms with Crippen LogP contribution in [0.1, 0.15) is 23.0 Å². The first-order valence-electron chi connectivity index (χ1n) is 11.0. The smallest absolute Gasteiger partial charge is 0.339 e. The molecule has 0 unspecified atom stereocenters. The molecule has 0 N–H and O–H groups in total. The van der Waals surface area contributed by atoms with E-state index in [0.29, 0.717) is 28.1 Å². The molecule has 0 aliphatic heterocycles. The van der Waals surface area contributed by atoms with Gasteiger partial charge in [0.2, 0.25) is 0 Å². The van der Waals surface area contributed by atoms with Gasteiger partial charge in [0, 0.05) is 12.7 Å². The van der Waals surface area contributed by atoms with E-state index < -0.39 is 24.5 Å². The molecule has 10 heteroatoms. The van der Waals surface area contributed by atoms with Crippen molar-refractivity contribution in [3.05, 3.63) is 65.2 Å². The number of amides is 1. The quantitative estimate of drug-likeness (QED) is 0.345. The number of fused-ring (bicyclic) bond motifs is 1. The lowest BCUT2D eigenvalue weighted by Gasteiger charge is -2.21. The molecule has 0 radical (unpaired) electrons. The van der Waals surface area contributed by atoms with Gasteiger partial charge in [0.15, 0.2) is 12.3 Å². The Kier molecular flexibility index (Phi) is 7.21. The predicted molar refractivity (Wildman–Crippen MR) is 132 cm³/mol. The highest BCUT2D eigenvalue weighted by Crippen LogP contribution is 2.29. The van der Waals surface area contributed by atoms with Crippen LogP contribution < -0.4 is 4.90 Å². The molecule has 9 nitrogen and oxygen atoms in total. The number of thiophene rings is 1. The molecule has 0 saturated heterocycles. The van der Waals surface area contributed by atoms with Crippen LogP contribution >= 0.6 is 11.3 Å². The maximum atomic E-state index is 13.2. The van der Waals surface area contributed by atoms with Crippen LogP contribution in [0.5, 0.6) is 0 Å². The van der Waals surface area contributed by atoms with Crippen molar-refractivity contribution in [2.24, 2.45) is 7.05 Å². The number of esters is 2. The van der Waals surface area contributed by atoms with E-state index in [0.717, 1.165) is 4.88 Å². The minimum Gasteiger partial charge on any atom is -0.465 e. The molecule has 4 rings (SSSR count). The summed E-state index contributed by atoms with van der Waals surface area (Å²) < 4.78 is 12.0. The molecule has 0 aliphatic carbocycles. The number of carbonyl (C=O) groups excluding carboxylic acids is 3. The number of para-hydroxylation sites is 1. The van der Waals surface area contributed by atoms with Crippen LogP contribution in [0.2, 0.25) is 0 Å². The average molecular weight is 493 g/mol. The van der Waals surface area contributed by atoms with Crippen LogP contribution in [0.25, 0.3) is 21.6 Å². The summed E-state index contributed by atoms with van der Waals surface area (Å²) in [6.45, 7) is 2.82. The lowest BCUT2D eigenvalue weighted by atomic mass is 10.1. The van der Waals surface area contributed by atoms with Gasteiger partial charge in [0.1, 0.15) is 6.54 Å². The standard InChI is InChI=1S/C25H24N4O5S/c1-4-33-22(31)14-29(17-9-6-5-7-10-17)21(30)15-34-25(32)18-13-19(20-11-8-12-35-20)26-24-23(18)16(2)27-28(24)3/h5-13H,4,14-15H2,1-3H3. The fourth-order valence-electron chi connectivity index (χ4n) is 3.71. The van der Waals surface area contributed by atoms with Crippen LogP contribution in [0.3, 0.4) is 0 Å². The number of pyridine rings is 1. The summed E-state index contributed by atoms with van der Waals surface area (Å²) in [4.78, 5) is 45.1. The Bertz CT molecular complexity index is 1370. The second kappa shape index (κ2) is 10.5. The number of anilines is 1. The van der Waals surface area contributed by atoms with E-state index in [4.69, 9.17) is 9.47 Å². The van der Waals surface area contributed by atoms with Gasteiger partial charge in [-0.2, -0.15) is 5.10 Å². The number of ether oxygens (including phenoxy) is 2. The van der Waals surface area contributed by atoms with Gasteiger partial charge in [0.05, 0.1) is 33.8 Å². The second-order valence-electron chi connectivity index (χ2n) is 7.64. The fourth-order valence-corrected chi connectivity index (χ4v) is 4.39. The number of benzene rings is 1. The molecule has 0 spiro atoms. The fraction of sp³-hybridized carbons (Fsp3) is 0.240. The number of hydrogen-bond acceptors (Lipinski definition) is 8. The molecular weight excluding hydrogens is 468 g/mol. The Balaban J connectivity index is 1.60. The lowest BCUT2D eigenvalue weighted by molar-refractivity contribution is -0.142. The summed E-state index contributed by atoms with van der Waals surface area (Å²) in [5.74, 6) is -1.79. The van der Waals surface area contributed by atoms with Crippen LogP contribution in [0, 0.1) is 6.92 Å². The molecule has 4 aromatic rings. The molecule has 1 aromatic carbocycles. The molecule has 35 heavy (non-hydrogen) atoms. The van der Waals surface area contributed by atoms with Crippen molar-refractivity contribution >= 4 is 45.9 Å². The van der Waals surface area contributed by atoms with Gasteiger partial charge in [-0.05, 0) is 43.5 Å². The van der Waals surface area contributed by atoms with Gasteiger partial charge in [-0.1, -0.05) is 24.3 Å². The lowest BCUT2D eigenvalue weighted by Crippen LogP contribution is -2.39. The summed E-state index contributed by atoms with van der Waals surface area (Å²) in [6, 6.07) is 14.1. The summed E-state index contributed by atoms with van der Waals surface area (Å²) in [6.07, 6.45) is 0. The maximum Gasteiger partial charge on any atom is 0.339 e. The third-order valence-corrected chi connectivity index (χ3v) is 6.14. The van der Waals surface area contributed by atoms with Gasteiger partial charge in [-0.15, -0.1) is 11.3 Å². The van der Waals surface area contributed by atoms with Crippen molar-refractivity contribution in [1.82, 2.24) is 14.8 Å². The molecule has 0 bridgehead atoms. The first-order chi connectivity index (χ1) is 16.9. The zero-order chi connectivity index (χ0) is 24.9. The van der Waals surface area contributed by atoms with E-state index in [-0.39, 0.29) is 18.7 Å². The van der Waals surface area contributed by atoms with Crippen molar-refractivity contribution < 1.29 is 23.9 Å². The van der Waals surface area contributed by atoms with E-state index in [1.807, 2.05) is 17.5 Å². The Hall–Kier alpha value is -4.05. The van der Waals surface area contributed by atoms with Gasteiger partial charge in [0.25, 0.3) is 5.91 Å². The number of aryl methyl sites for hydroxylation is 2. The average Bonchev–Trinajstić information content (AvgIpc) is 3.49. The molecule has 0 saturated carbocycles. The number of nitrogens with zero attached hydrogens (tertiary/aromatic N) is 4. The number of aromatic nitrogens is 3. The largest absolute Gasteiger partial charge is 0.465 e. The first kappa shape index (κ1) is 24.1. The SMILES string of the molecule is CCOC(=O)CN(C(=O)COC(=O)c1cc(-c2cccs2)nc2c1c(C)nn2C)c1ccccc1. The van der Waals surface area contributed by atoms with Crippen molar-refractivity contribution in [3.63, 3.8) is 0 Å². The number of hydrogen-bond donors (Lipinski definition) is 0. The molecule has 1 amide bonds. The third-order valence-electron chi connectivity index (χ3n) is 5.25. The van der Waals surface area contributed by atoms with E-state index >= 15 is 0 Å². The van der Waals surface area contributed by atoms with E-state index in [9.17, 15) is 14.4 Å². The Labute approximate surface area is 205 Å². The summed E-state index contributed by atoms with van der Waals surface area (Å²) in [5.41, 5.74) is 2.55. The van der Waals surface area contributed by atoms with Crippen molar-refractivity contribution in [1.29, 1.82) is 0 Å². The highest BCUT2D eigenvalue weighted by Gasteiger charge is 2.24. The Morgan fingerprint density at radius 3 is 2.54 bits per heavy atom. The van der Waals surface area contributed by atoms with E-state index in [1.54, 1.807) is 62.0 Å². The first-order valence-corrected chi connectivity index (χ1v) is 11.8. The summed E-state index contributed by atoms with van der Waals surface area (Å²) in [7, 11) is 1.76. The Morgan fingerprint density at radius 1 is 1.09 bits per heavy atom. The van der Waals surface area contributed by atoms with Crippen molar-refractivity contribution in [2.45, 2.75) is 13.8 Å². The molecular formula is C25H24N4O5S. The molecule has 0 aliphatic rings. The molecule has 3 heterocycles. The predicted octanol–water partition coefficient (Wildman–Crippen LogP) is 3.76. The van der Waals surface area contributed by atoms with Crippen LogP contribution in [-0.2, 0) is 26.1 Å². The highest BCUT2D eigenvalue weighted by molar-refractivity contribution is 7.13. The second-order valence-corrected chi connectivity index (χ2v) is 8.58. The third kappa shape index (κ3) is 5.22. The van der Waals surface area contributed by atoms with Crippen molar-refractivity contribution in [2.75, 3.05) is 24.7 Å².